The second kappa shape index (κ2) is 6.17. The van der Waals surface area contributed by atoms with E-state index in [9.17, 15) is 5.11 Å². The molecule has 0 aliphatic rings. The van der Waals surface area contributed by atoms with E-state index < -0.39 is 6.10 Å². The molecule has 0 aliphatic heterocycles. The Morgan fingerprint density at radius 1 is 1.32 bits per heavy atom. The zero-order chi connectivity index (χ0) is 13.8. The number of benzene rings is 1. The van der Waals surface area contributed by atoms with E-state index in [1.54, 1.807) is 19.3 Å². The number of aryl methyl sites for hydroxylation is 1. The maximum atomic E-state index is 9.77. The van der Waals surface area contributed by atoms with E-state index in [-0.39, 0.29) is 0 Å². The molecule has 19 heavy (non-hydrogen) atoms. The van der Waals surface area contributed by atoms with Crippen LogP contribution in [0, 0.1) is 6.92 Å². The van der Waals surface area contributed by atoms with Gasteiger partial charge in [0.1, 0.15) is 12.4 Å². The molecule has 0 bridgehead atoms. The summed E-state index contributed by atoms with van der Waals surface area (Å²) in [7, 11) is 0. The van der Waals surface area contributed by atoms with Gasteiger partial charge in [-0.25, -0.2) is 0 Å². The van der Waals surface area contributed by atoms with E-state index in [0.717, 1.165) is 21.2 Å². The van der Waals surface area contributed by atoms with Gasteiger partial charge >= 0.3 is 0 Å². The topological polar surface area (TPSA) is 42.4 Å². The number of hydrogen-bond donors (Lipinski definition) is 1. The fourth-order valence-electron chi connectivity index (χ4n) is 1.82. The van der Waals surface area contributed by atoms with Crippen molar-refractivity contribution in [3.05, 3.63) is 57.8 Å². The van der Waals surface area contributed by atoms with Crippen molar-refractivity contribution in [2.24, 2.45) is 0 Å². The van der Waals surface area contributed by atoms with Crippen LogP contribution in [0.15, 0.2) is 41.1 Å². The first-order valence-electron chi connectivity index (χ1n) is 6.07. The van der Waals surface area contributed by atoms with Gasteiger partial charge in [0.05, 0.1) is 6.10 Å². The van der Waals surface area contributed by atoms with Gasteiger partial charge in [-0.1, -0.05) is 11.6 Å². The molecule has 0 saturated heterocycles. The van der Waals surface area contributed by atoms with Crippen molar-refractivity contribution in [2.75, 3.05) is 0 Å². The molecule has 3 nitrogen and oxygen atoms in total. The fraction of sp³-hybridized carbons (Fsp3) is 0.267. The highest BCUT2D eigenvalue weighted by molar-refractivity contribution is 9.10. The molecule has 1 N–H and O–H groups in total. The van der Waals surface area contributed by atoms with Gasteiger partial charge in [0.2, 0.25) is 0 Å². The number of pyridine rings is 1. The van der Waals surface area contributed by atoms with E-state index in [4.69, 9.17) is 4.74 Å². The van der Waals surface area contributed by atoms with Gasteiger partial charge in [0, 0.05) is 28.0 Å². The Hall–Kier alpha value is -1.39. The van der Waals surface area contributed by atoms with Crippen molar-refractivity contribution in [1.82, 2.24) is 4.98 Å². The number of nitrogens with zero attached hydrogens (tertiary/aromatic N) is 1. The standard InChI is InChI=1S/C15H16BrNO2/c1-10-3-4-15(14(5-10)11(2)18)19-9-12-6-13(16)8-17-7-12/h3-8,11,18H,9H2,1-2H3. The summed E-state index contributed by atoms with van der Waals surface area (Å²) < 4.78 is 6.70. The van der Waals surface area contributed by atoms with Crippen LogP contribution in [0.5, 0.6) is 5.75 Å². The van der Waals surface area contributed by atoms with Crippen LogP contribution in [-0.4, -0.2) is 10.1 Å². The summed E-state index contributed by atoms with van der Waals surface area (Å²) in [6.45, 7) is 4.16. The Labute approximate surface area is 121 Å². The minimum Gasteiger partial charge on any atom is -0.488 e. The van der Waals surface area contributed by atoms with Gasteiger partial charge < -0.3 is 9.84 Å². The maximum absolute atomic E-state index is 9.77. The average molecular weight is 322 g/mol. The van der Waals surface area contributed by atoms with Crippen LogP contribution in [-0.2, 0) is 6.61 Å². The molecule has 2 aromatic rings. The average Bonchev–Trinajstić information content (AvgIpc) is 2.37. The molecule has 1 heterocycles. The van der Waals surface area contributed by atoms with Crippen molar-refractivity contribution in [3.63, 3.8) is 0 Å². The van der Waals surface area contributed by atoms with Crippen molar-refractivity contribution >= 4 is 15.9 Å². The smallest absolute Gasteiger partial charge is 0.125 e. The summed E-state index contributed by atoms with van der Waals surface area (Å²) in [5.74, 6) is 0.709. The highest BCUT2D eigenvalue weighted by atomic mass is 79.9. The van der Waals surface area contributed by atoms with E-state index in [1.165, 1.54) is 0 Å². The molecule has 100 valence electrons. The molecule has 0 aliphatic carbocycles. The third kappa shape index (κ3) is 3.78. The zero-order valence-corrected chi connectivity index (χ0v) is 12.5. The summed E-state index contributed by atoms with van der Waals surface area (Å²) in [6.07, 6.45) is 2.95. The molecule has 2 rings (SSSR count). The predicted octanol–water partition coefficient (Wildman–Crippen LogP) is 3.78. The molecular formula is C15H16BrNO2. The van der Waals surface area contributed by atoms with Crippen molar-refractivity contribution in [2.45, 2.75) is 26.6 Å². The van der Waals surface area contributed by atoms with Crippen LogP contribution in [0.4, 0.5) is 0 Å². The predicted molar refractivity (Wildman–Crippen MR) is 78.1 cm³/mol. The molecule has 1 atom stereocenters. The van der Waals surface area contributed by atoms with E-state index in [0.29, 0.717) is 12.4 Å². The number of hydrogen-bond acceptors (Lipinski definition) is 3. The quantitative estimate of drug-likeness (QED) is 0.931. The summed E-state index contributed by atoms with van der Waals surface area (Å²) >= 11 is 3.38. The number of aliphatic hydroxyl groups is 1. The molecular weight excluding hydrogens is 306 g/mol. The van der Waals surface area contributed by atoms with Gasteiger partial charge in [-0.05, 0) is 48.0 Å². The molecule has 1 aromatic heterocycles. The van der Waals surface area contributed by atoms with Crippen molar-refractivity contribution < 1.29 is 9.84 Å². The van der Waals surface area contributed by atoms with Crippen molar-refractivity contribution in [3.8, 4) is 5.75 Å². The van der Waals surface area contributed by atoms with Gasteiger partial charge in [0.15, 0.2) is 0 Å². The number of rotatable bonds is 4. The van der Waals surface area contributed by atoms with Crippen LogP contribution in [0.1, 0.15) is 29.7 Å². The van der Waals surface area contributed by atoms with Crippen LogP contribution >= 0.6 is 15.9 Å². The lowest BCUT2D eigenvalue weighted by molar-refractivity contribution is 0.190. The molecule has 0 radical (unpaired) electrons. The number of aliphatic hydroxyl groups excluding tert-OH is 1. The molecule has 0 spiro atoms. The van der Waals surface area contributed by atoms with E-state index in [1.807, 2.05) is 31.2 Å². The lowest BCUT2D eigenvalue weighted by Gasteiger charge is -2.14. The second-order valence-electron chi connectivity index (χ2n) is 4.52. The van der Waals surface area contributed by atoms with Gasteiger partial charge in [0.25, 0.3) is 0 Å². The first-order chi connectivity index (χ1) is 9.06. The SMILES string of the molecule is Cc1ccc(OCc2cncc(Br)c2)c(C(C)O)c1. The highest BCUT2D eigenvalue weighted by Crippen LogP contribution is 2.27. The van der Waals surface area contributed by atoms with Crippen LogP contribution in [0.2, 0.25) is 0 Å². The second-order valence-corrected chi connectivity index (χ2v) is 5.43. The molecule has 0 saturated carbocycles. The summed E-state index contributed by atoms with van der Waals surface area (Å²) in [5.41, 5.74) is 2.89. The lowest BCUT2D eigenvalue weighted by Crippen LogP contribution is -2.01. The molecule has 0 amide bonds. The summed E-state index contributed by atoms with van der Waals surface area (Å²) in [4.78, 5) is 4.09. The minimum absolute atomic E-state index is 0.426. The Kier molecular flexibility index (Phi) is 4.56. The molecule has 4 heteroatoms. The van der Waals surface area contributed by atoms with Gasteiger partial charge in [-0.15, -0.1) is 0 Å². The minimum atomic E-state index is -0.546. The van der Waals surface area contributed by atoms with Crippen LogP contribution in [0.3, 0.4) is 0 Å². The lowest BCUT2D eigenvalue weighted by atomic mass is 10.1. The van der Waals surface area contributed by atoms with Gasteiger partial charge in [-0.2, -0.15) is 0 Å². The normalized spacial score (nSPS) is 12.2. The highest BCUT2D eigenvalue weighted by Gasteiger charge is 2.09. The largest absolute Gasteiger partial charge is 0.488 e. The Balaban J connectivity index is 2.15. The number of halogens is 1. The fourth-order valence-corrected chi connectivity index (χ4v) is 2.23. The molecule has 1 unspecified atom stereocenters. The Morgan fingerprint density at radius 2 is 2.11 bits per heavy atom. The van der Waals surface area contributed by atoms with Crippen LogP contribution < -0.4 is 4.74 Å². The third-order valence-electron chi connectivity index (χ3n) is 2.77. The summed E-state index contributed by atoms with van der Waals surface area (Å²) in [6, 6.07) is 7.77. The summed E-state index contributed by atoms with van der Waals surface area (Å²) in [5, 5.41) is 9.77. The third-order valence-corrected chi connectivity index (χ3v) is 3.20. The number of ether oxygens (including phenoxy) is 1. The monoisotopic (exact) mass is 321 g/mol. The van der Waals surface area contributed by atoms with Crippen molar-refractivity contribution in [1.29, 1.82) is 0 Å². The van der Waals surface area contributed by atoms with Crippen LogP contribution in [0.25, 0.3) is 0 Å². The van der Waals surface area contributed by atoms with E-state index in [2.05, 4.69) is 20.9 Å². The molecule has 0 fully saturated rings. The number of aromatic nitrogens is 1. The maximum Gasteiger partial charge on any atom is 0.125 e. The Bertz CT molecular complexity index is 570. The zero-order valence-electron chi connectivity index (χ0n) is 10.9. The van der Waals surface area contributed by atoms with Gasteiger partial charge in [-0.3, -0.25) is 4.98 Å². The Morgan fingerprint density at radius 3 is 2.79 bits per heavy atom. The van der Waals surface area contributed by atoms with E-state index >= 15 is 0 Å². The first kappa shape index (κ1) is 14.0. The first-order valence-corrected chi connectivity index (χ1v) is 6.86. The molecule has 1 aromatic carbocycles.